The number of ether oxygens (including phenoxy) is 2. The second kappa shape index (κ2) is 11.6. The van der Waals surface area contributed by atoms with E-state index in [9.17, 15) is 9.59 Å². The first-order valence-corrected chi connectivity index (χ1v) is 11.4. The van der Waals surface area contributed by atoms with Gasteiger partial charge in [0.2, 0.25) is 0 Å². The van der Waals surface area contributed by atoms with Gasteiger partial charge in [-0.15, -0.1) is 0 Å². The third kappa shape index (κ3) is 7.01. The summed E-state index contributed by atoms with van der Waals surface area (Å²) in [7, 11) is 0. The number of aryl methyl sites for hydroxylation is 3. The van der Waals surface area contributed by atoms with E-state index in [4.69, 9.17) is 9.47 Å². The van der Waals surface area contributed by atoms with Gasteiger partial charge in [-0.25, -0.2) is 0 Å². The molecule has 0 aliphatic carbocycles. The zero-order chi connectivity index (χ0) is 22.9. The van der Waals surface area contributed by atoms with Crippen LogP contribution in [0.3, 0.4) is 0 Å². The fourth-order valence-electron chi connectivity index (χ4n) is 3.77. The lowest BCUT2D eigenvalue weighted by molar-refractivity contribution is -0.134. The maximum absolute atomic E-state index is 12.5. The minimum Gasteiger partial charge on any atom is -0.484 e. The predicted octanol–water partition coefficient (Wildman–Crippen LogP) is 3.82. The Morgan fingerprint density at radius 1 is 0.938 bits per heavy atom. The van der Waals surface area contributed by atoms with Crippen LogP contribution in [0.25, 0.3) is 0 Å². The predicted molar refractivity (Wildman–Crippen MR) is 125 cm³/mol. The van der Waals surface area contributed by atoms with Gasteiger partial charge in [-0.05, 0) is 74.1 Å². The largest absolute Gasteiger partial charge is 0.484 e. The van der Waals surface area contributed by atoms with Crippen molar-refractivity contribution < 1.29 is 19.1 Å². The summed E-state index contributed by atoms with van der Waals surface area (Å²) >= 11 is 0. The molecule has 0 unspecified atom stereocenters. The molecule has 3 rings (SSSR count). The average molecular weight is 439 g/mol. The molecule has 172 valence electrons. The van der Waals surface area contributed by atoms with E-state index >= 15 is 0 Å². The summed E-state index contributed by atoms with van der Waals surface area (Å²) in [5.41, 5.74) is 3.61. The summed E-state index contributed by atoms with van der Waals surface area (Å²) in [5.74, 6) is 1.25. The Kier molecular flexibility index (Phi) is 8.54. The Labute approximate surface area is 190 Å². The lowest BCUT2D eigenvalue weighted by Crippen LogP contribution is -2.48. The standard InChI is InChI=1S/C26H34N2O4/c1-4-5-21-7-10-23(11-8-21)31-17-25(29)27-22-12-14-28(15-13-22)26(30)18-32-24-9-6-19(2)20(3)16-24/h6-11,16,22H,4-5,12-15,17-18H2,1-3H3,(H,27,29). The number of likely N-dealkylation sites (tertiary alicyclic amines) is 1. The van der Waals surface area contributed by atoms with Gasteiger partial charge in [-0.1, -0.05) is 31.5 Å². The molecule has 0 radical (unpaired) electrons. The zero-order valence-electron chi connectivity index (χ0n) is 19.4. The van der Waals surface area contributed by atoms with Crippen molar-refractivity contribution in [2.75, 3.05) is 26.3 Å². The van der Waals surface area contributed by atoms with Crippen molar-refractivity contribution in [1.82, 2.24) is 10.2 Å². The zero-order valence-corrected chi connectivity index (χ0v) is 19.4. The summed E-state index contributed by atoms with van der Waals surface area (Å²) in [6.45, 7) is 7.47. The molecular formula is C26H34N2O4. The minimum absolute atomic E-state index is 0.00389. The van der Waals surface area contributed by atoms with Crippen LogP contribution in [-0.2, 0) is 16.0 Å². The van der Waals surface area contributed by atoms with E-state index in [1.807, 2.05) is 56.3 Å². The van der Waals surface area contributed by atoms with Gasteiger partial charge in [-0.3, -0.25) is 9.59 Å². The van der Waals surface area contributed by atoms with Gasteiger partial charge in [0, 0.05) is 19.1 Å². The molecule has 0 atom stereocenters. The number of nitrogens with zero attached hydrogens (tertiary/aromatic N) is 1. The molecule has 2 aromatic carbocycles. The number of carbonyl (C=O) groups is 2. The maximum Gasteiger partial charge on any atom is 0.260 e. The van der Waals surface area contributed by atoms with E-state index in [0.29, 0.717) is 24.6 Å². The Bertz CT molecular complexity index is 903. The molecule has 1 aliphatic rings. The number of hydrogen-bond donors (Lipinski definition) is 1. The summed E-state index contributed by atoms with van der Waals surface area (Å²) in [6.07, 6.45) is 3.60. The first-order valence-electron chi connectivity index (χ1n) is 11.4. The molecule has 1 fully saturated rings. The number of hydrogen-bond acceptors (Lipinski definition) is 4. The second-order valence-corrected chi connectivity index (χ2v) is 8.44. The molecule has 0 saturated carbocycles. The third-order valence-corrected chi connectivity index (χ3v) is 5.89. The molecule has 1 heterocycles. The number of carbonyl (C=O) groups excluding carboxylic acids is 2. The van der Waals surface area contributed by atoms with Crippen molar-refractivity contribution >= 4 is 11.8 Å². The van der Waals surface area contributed by atoms with Crippen molar-refractivity contribution in [3.63, 3.8) is 0 Å². The van der Waals surface area contributed by atoms with Crippen LogP contribution >= 0.6 is 0 Å². The molecule has 2 amide bonds. The van der Waals surface area contributed by atoms with Crippen LogP contribution in [0, 0.1) is 13.8 Å². The number of rotatable bonds is 9. The van der Waals surface area contributed by atoms with Gasteiger partial charge >= 0.3 is 0 Å². The van der Waals surface area contributed by atoms with E-state index in [0.717, 1.165) is 31.2 Å². The molecule has 1 saturated heterocycles. The van der Waals surface area contributed by atoms with Crippen LogP contribution in [0.2, 0.25) is 0 Å². The highest BCUT2D eigenvalue weighted by Crippen LogP contribution is 2.17. The van der Waals surface area contributed by atoms with Gasteiger partial charge in [0.15, 0.2) is 13.2 Å². The molecule has 6 heteroatoms. The molecule has 2 aromatic rings. The Morgan fingerprint density at radius 3 is 2.25 bits per heavy atom. The molecule has 6 nitrogen and oxygen atoms in total. The highest BCUT2D eigenvalue weighted by Gasteiger charge is 2.24. The maximum atomic E-state index is 12.5. The molecule has 32 heavy (non-hydrogen) atoms. The Morgan fingerprint density at radius 2 is 1.59 bits per heavy atom. The van der Waals surface area contributed by atoms with Gasteiger partial charge in [0.1, 0.15) is 11.5 Å². The van der Waals surface area contributed by atoms with E-state index in [1.165, 1.54) is 11.1 Å². The Hall–Kier alpha value is -3.02. The lowest BCUT2D eigenvalue weighted by atomic mass is 10.1. The summed E-state index contributed by atoms with van der Waals surface area (Å²) < 4.78 is 11.3. The van der Waals surface area contributed by atoms with Crippen LogP contribution in [-0.4, -0.2) is 49.1 Å². The third-order valence-electron chi connectivity index (χ3n) is 5.89. The first kappa shape index (κ1) is 23.6. The summed E-state index contributed by atoms with van der Waals surface area (Å²) in [4.78, 5) is 26.5. The van der Waals surface area contributed by atoms with E-state index in [1.54, 1.807) is 4.90 Å². The summed E-state index contributed by atoms with van der Waals surface area (Å²) in [5, 5.41) is 3.02. The number of benzene rings is 2. The highest BCUT2D eigenvalue weighted by molar-refractivity contribution is 5.79. The Balaban J connectivity index is 1.35. The average Bonchev–Trinajstić information content (AvgIpc) is 2.80. The minimum atomic E-state index is -0.134. The normalized spacial score (nSPS) is 14.2. The van der Waals surface area contributed by atoms with Crippen molar-refractivity contribution in [2.24, 2.45) is 0 Å². The molecule has 0 bridgehead atoms. The monoisotopic (exact) mass is 438 g/mol. The van der Waals surface area contributed by atoms with Crippen molar-refractivity contribution in [3.8, 4) is 11.5 Å². The molecule has 1 aliphatic heterocycles. The van der Waals surface area contributed by atoms with Crippen molar-refractivity contribution in [3.05, 3.63) is 59.2 Å². The van der Waals surface area contributed by atoms with Crippen LogP contribution in [0.1, 0.15) is 42.9 Å². The number of piperidine rings is 1. The van der Waals surface area contributed by atoms with E-state index < -0.39 is 0 Å². The SMILES string of the molecule is CCCc1ccc(OCC(=O)NC2CCN(C(=O)COc3ccc(C)c(C)c3)CC2)cc1. The van der Waals surface area contributed by atoms with Gasteiger partial charge in [-0.2, -0.15) is 0 Å². The van der Waals surface area contributed by atoms with Crippen LogP contribution < -0.4 is 14.8 Å². The lowest BCUT2D eigenvalue weighted by Gasteiger charge is -2.32. The summed E-state index contributed by atoms with van der Waals surface area (Å²) in [6, 6.07) is 13.8. The fourth-order valence-corrected chi connectivity index (χ4v) is 3.77. The number of nitrogens with one attached hydrogen (secondary N) is 1. The van der Waals surface area contributed by atoms with E-state index in [-0.39, 0.29) is 31.1 Å². The van der Waals surface area contributed by atoms with Gasteiger partial charge < -0.3 is 19.7 Å². The second-order valence-electron chi connectivity index (χ2n) is 8.44. The van der Waals surface area contributed by atoms with Crippen molar-refractivity contribution in [1.29, 1.82) is 0 Å². The van der Waals surface area contributed by atoms with Crippen LogP contribution in [0.5, 0.6) is 11.5 Å². The van der Waals surface area contributed by atoms with E-state index in [2.05, 4.69) is 12.2 Å². The smallest absolute Gasteiger partial charge is 0.260 e. The molecule has 0 aromatic heterocycles. The van der Waals surface area contributed by atoms with Gasteiger partial charge in [0.05, 0.1) is 0 Å². The number of amides is 2. The topological polar surface area (TPSA) is 67.9 Å². The highest BCUT2D eigenvalue weighted by atomic mass is 16.5. The molecular weight excluding hydrogens is 404 g/mol. The fraction of sp³-hybridized carbons (Fsp3) is 0.462. The van der Waals surface area contributed by atoms with Crippen LogP contribution in [0.15, 0.2) is 42.5 Å². The van der Waals surface area contributed by atoms with Crippen molar-refractivity contribution in [2.45, 2.75) is 52.5 Å². The van der Waals surface area contributed by atoms with Crippen LogP contribution in [0.4, 0.5) is 0 Å². The quantitative estimate of drug-likeness (QED) is 0.646. The molecule has 0 spiro atoms. The first-order chi connectivity index (χ1) is 15.4. The van der Waals surface area contributed by atoms with Gasteiger partial charge in [0.25, 0.3) is 11.8 Å². The molecule has 1 N–H and O–H groups in total.